The van der Waals surface area contributed by atoms with Gasteiger partial charge in [0, 0.05) is 10.9 Å². The Kier molecular flexibility index (Phi) is 3.46. The van der Waals surface area contributed by atoms with Crippen LogP contribution in [0, 0.1) is 0 Å². The number of hydrogen-bond donors (Lipinski definition) is 1. The first kappa shape index (κ1) is 15.4. The zero-order valence-corrected chi connectivity index (χ0v) is 14.7. The molecule has 2 aliphatic rings. The van der Waals surface area contributed by atoms with Crippen LogP contribution in [0.4, 0.5) is 5.13 Å². The standard InChI is InChI=1S/C20H16N2O3S/c23-18(20(8-9-20)14-4-2-1-3-5-14)22-19-21-15(11-26-19)13-6-7-16-17(10-13)25-12-24-16/h1-7,10-11H,8-9,12H2,(H,21,22,23). The number of amides is 1. The van der Waals surface area contributed by atoms with Crippen molar-refractivity contribution < 1.29 is 14.3 Å². The van der Waals surface area contributed by atoms with Gasteiger partial charge in [0.25, 0.3) is 0 Å². The fourth-order valence-electron chi connectivity index (χ4n) is 3.27. The number of fused-ring (bicyclic) bond motifs is 1. The van der Waals surface area contributed by atoms with Crippen molar-refractivity contribution in [2.45, 2.75) is 18.3 Å². The predicted molar refractivity (Wildman–Crippen MR) is 99.7 cm³/mol. The van der Waals surface area contributed by atoms with Crippen molar-refractivity contribution in [1.29, 1.82) is 0 Å². The van der Waals surface area contributed by atoms with E-state index in [2.05, 4.69) is 10.3 Å². The third-order valence-electron chi connectivity index (χ3n) is 4.90. The maximum Gasteiger partial charge on any atom is 0.236 e. The van der Waals surface area contributed by atoms with Gasteiger partial charge in [-0.25, -0.2) is 4.98 Å². The molecule has 0 radical (unpaired) electrons. The van der Waals surface area contributed by atoms with Crippen LogP contribution in [0.25, 0.3) is 11.3 Å². The zero-order valence-electron chi connectivity index (χ0n) is 13.9. The average Bonchev–Trinajstić information content (AvgIpc) is 3.13. The van der Waals surface area contributed by atoms with Gasteiger partial charge in [0.1, 0.15) is 0 Å². The number of rotatable bonds is 4. The van der Waals surface area contributed by atoms with Gasteiger partial charge in [-0.15, -0.1) is 11.3 Å². The summed E-state index contributed by atoms with van der Waals surface area (Å²) < 4.78 is 10.8. The Bertz CT molecular complexity index is 980. The molecule has 130 valence electrons. The minimum absolute atomic E-state index is 0.0234. The van der Waals surface area contributed by atoms with E-state index < -0.39 is 5.41 Å². The summed E-state index contributed by atoms with van der Waals surface area (Å²) in [6.45, 7) is 0.249. The molecule has 5 rings (SSSR count). The third kappa shape index (κ3) is 2.54. The molecule has 1 aromatic heterocycles. The van der Waals surface area contributed by atoms with E-state index in [1.807, 2.05) is 53.9 Å². The van der Waals surface area contributed by atoms with Crippen LogP contribution in [0.2, 0.25) is 0 Å². The second-order valence-corrected chi connectivity index (χ2v) is 7.37. The van der Waals surface area contributed by atoms with Crippen LogP contribution in [-0.2, 0) is 10.2 Å². The number of aromatic nitrogens is 1. The normalized spacial score (nSPS) is 16.3. The lowest BCUT2D eigenvalue weighted by Gasteiger charge is -2.14. The van der Waals surface area contributed by atoms with Crippen LogP contribution in [0.15, 0.2) is 53.9 Å². The number of carbonyl (C=O) groups excluding carboxylic acids is 1. The number of hydrogen-bond acceptors (Lipinski definition) is 5. The number of anilines is 1. The van der Waals surface area contributed by atoms with Gasteiger partial charge in [0.05, 0.1) is 11.1 Å². The molecule has 1 N–H and O–H groups in total. The summed E-state index contributed by atoms with van der Waals surface area (Å²) >= 11 is 1.43. The highest BCUT2D eigenvalue weighted by molar-refractivity contribution is 7.14. The fraction of sp³-hybridized carbons (Fsp3) is 0.200. The number of nitrogens with one attached hydrogen (secondary N) is 1. The smallest absolute Gasteiger partial charge is 0.236 e. The molecule has 2 aromatic carbocycles. The van der Waals surface area contributed by atoms with E-state index in [0.717, 1.165) is 41.2 Å². The van der Waals surface area contributed by atoms with Crippen molar-refractivity contribution in [1.82, 2.24) is 4.98 Å². The lowest BCUT2D eigenvalue weighted by Crippen LogP contribution is -2.27. The van der Waals surface area contributed by atoms with E-state index >= 15 is 0 Å². The molecule has 6 heteroatoms. The summed E-state index contributed by atoms with van der Waals surface area (Å²) in [6, 6.07) is 15.7. The van der Waals surface area contributed by atoms with Gasteiger partial charge in [0.15, 0.2) is 16.6 Å². The monoisotopic (exact) mass is 364 g/mol. The second kappa shape index (κ2) is 5.85. The highest BCUT2D eigenvalue weighted by Gasteiger charge is 2.51. The quantitative estimate of drug-likeness (QED) is 0.753. The fourth-order valence-corrected chi connectivity index (χ4v) is 3.98. The molecule has 0 atom stereocenters. The summed E-state index contributed by atoms with van der Waals surface area (Å²) in [6.07, 6.45) is 1.76. The second-order valence-electron chi connectivity index (χ2n) is 6.51. The molecule has 0 saturated heterocycles. The summed E-state index contributed by atoms with van der Waals surface area (Å²) in [4.78, 5) is 17.4. The maximum absolute atomic E-state index is 12.8. The Hall–Kier alpha value is -2.86. The van der Waals surface area contributed by atoms with Crippen molar-refractivity contribution >= 4 is 22.4 Å². The molecule has 0 unspecified atom stereocenters. The summed E-state index contributed by atoms with van der Waals surface area (Å²) in [5.41, 5.74) is 2.43. The van der Waals surface area contributed by atoms with E-state index in [1.165, 1.54) is 11.3 Å². The highest BCUT2D eigenvalue weighted by atomic mass is 32.1. The van der Waals surface area contributed by atoms with Crippen molar-refractivity contribution in [2.24, 2.45) is 0 Å². The molecule has 1 aliphatic heterocycles. The van der Waals surface area contributed by atoms with Gasteiger partial charge in [-0.05, 0) is 36.6 Å². The molecule has 1 fully saturated rings. The molecule has 5 nitrogen and oxygen atoms in total. The van der Waals surface area contributed by atoms with E-state index in [1.54, 1.807) is 0 Å². The van der Waals surface area contributed by atoms with Gasteiger partial charge >= 0.3 is 0 Å². The molecule has 1 amide bonds. The molecule has 0 spiro atoms. The van der Waals surface area contributed by atoms with E-state index in [9.17, 15) is 4.79 Å². The van der Waals surface area contributed by atoms with Crippen molar-refractivity contribution in [3.63, 3.8) is 0 Å². The molecule has 1 aliphatic carbocycles. The van der Waals surface area contributed by atoms with Crippen molar-refractivity contribution in [3.8, 4) is 22.8 Å². The molecule has 26 heavy (non-hydrogen) atoms. The lowest BCUT2D eigenvalue weighted by molar-refractivity contribution is -0.118. The first-order valence-electron chi connectivity index (χ1n) is 8.47. The average molecular weight is 364 g/mol. The Balaban J connectivity index is 1.36. The van der Waals surface area contributed by atoms with Gasteiger partial charge in [-0.1, -0.05) is 30.3 Å². The van der Waals surface area contributed by atoms with Crippen LogP contribution in [0.1, 0.15) is 18.4 Å². The zero-order chi connectivity index (χ0) is 17.6. The predicted octanol–water partition coefficient (Wildman–Crippen LogP) is 4.21. The van der Waals surface area contributed by atoms with Crippen molar-refractivity contribution in [2.75, 3.05) is 12.1 Å². The summed E-state index contributed by atoms with van der Waals surface area (Å²) in [5.74, 6) is 1.49. The summed E-state index contributed by atoms with van der Waals surface area (Å²) in [5, 5.41) is 5.55. The number of carbonyl (C=O) groups is 1. The minimum Gasteiger partial charge on any atom is -0.454 e. The molecular formula is C20H16N2O3S. The van der Waals surface area contributed by atoms with Gasteiger partial charge in [0.2, 0.25) is 12.7 Å². The molecule has 3 aromatic rings. The first-order valence-corrected chi connectivity index (χ1v) is 9.35. The van der Waals surface area contributed by atoms with Crippen LogP contribution in [0.3, 0.4) is 0 Å². The van der Waals surface area contributed by atoms with E-state index in [-0.39, 0.29) is 12.7 Å². The van der Waals surface area contributed by atoms with Gasteiger partial charge in [-0.2, -0.15) is 0 Å². The topological polar surface area (TPSA) is 60.5 Å². The molecule has 0 bridgehead atoms. The Morgan fingerprint density at radius 1 is 1.08 bits per heavy atom. The van der Waals surface area contributed by atoms with Crippen molar-refractivity contribution in [3.05, 3.63) is 59.5 Å². The summed E-state index contributed by atoms with van der Waals surface area (Å²) in [7, 11) is 0. The largest absolute Gasteiger partial charge is 0.454 e. The van der Waals surface area contributed by atoms with Crippen LogP contribution < -0.4 is 14.8 Å². The molecule has 2 heterocycles. The number of benzene rings is 2. The van der Waals surface area contributed by atoms with Crippen LogP contribution in [-0.4, -0.2) is 17.7 Å². The van der Waals surface area contributed by atoms with Gasteiger partial charge < -0.3 is 14.8 Å². The Morgan fingerprint density at radius 3 is 2.69 bits per heavy atom. The van der Waals surface area contributed by atoms with E-state index in [0.29, 0.717) is 5.13 Å². The number of ether oxygens (including phenoxy) is 2. The lowest BCUT2D eigenvalue weighted by atomic mass is 9.95. The SMILES string of the molecule is O=C(Nc1nc(-c2ccc3c(c2)OCO3)cs1)C1(c2ccccc2)CC1. The molecular weight excluding hydrogens is 348 g/mol. The Labute approximate surface area is 154 Å². The number of nitrogens with zero attached hydrogens (tertiary/aromatic N) is 1. The maximum atomic E-state index is 12.8. The van der Waals surface area contributed by atoms with Gasteiger partial charge in [-0.3, -0.25) is 4.79 Å². The first-order chi connectivity index (χ1) is 12.7. The van der Waals surface area contributed by atoms with Crippen LogP contribution >= 0.6 is 11.3 Å². The van der Waals surface area contributed by atoms with Crippen LogP contribution in [0.5, 0.6) is 11.5 Å². The van der Waals surface area contributed by atoms with E-state index in [4.69, 9.17) is 9.47 Å². The highest BCUT2D eigenvalue weighted by Crippen LogP contribution is 2.49. The minimum atomic E-state index is -0.397. The Morgan fingerprint density at radius 2 is 1.88 bits per heavy atom. The molecule has 1 saturated carbocycles. The number of thiazole rings is 1. The third-order valence-corrected chi connectivity index (χ3v) is 5.66.